The Labute approximate surface area is 177 Å². The Bertz CT molecular complexity index is 1180. The van der Waals surface area contributed by atoms with Crippen molar-refractivity contribution in [1.82, 2.24) is 15.0 Å². The molecule has 2 aromatic carbocycles. The highest BCUT2D eigenvalue weighted by atomic mass is 35.5. The Morgan fingerprint density at radius 1 is 1.00 bits per heavy atom. The maximum atomic E-state index is 6.19. The minimum absolute atomic E-state index is 0.367. The van der Waals surface area contributed by atoms with Gasteiger partial charge in [0.25, 0.3) is 0 Å². The number of hydrogen-bond donors (Lipinski definition) is 2. The zero-order chi connectivity index (χ0) is 20.4. The third kappa shape index (κ3) is 4.18. The summed E-state index contributed by atoms with van der Waals surface area (Å²) in [5, 5.41) is 4.91. The molecule has 0 spiro atoms. The highest BCUT2D eigenvalue weighted by Crippen LogP contribution is 2.29. The van der Waals surface area contributed by atoms with Gasteiger partial charge in [0.05, 0.1) is 28.9 Å². The lowest BCUT2D eigenvalue weighted by atomic mass is 10.2. The summed E-state index contributed by atoms with van der Waals surface area (Å²) in [4.78, 5) is 13.4. The molecule has 0 unspecified atom stereocenters. The second-order valence-corrected chi connectivity index (χ2v) is 7.16. The van der Waals surface area contributed by atoms with Gasteiger partial charge >= 0.3 is 0 Å². The van der Waals surface area contributed by atoms with Crippen LogP contribution in [0.1, 0.15) is 5.56 Å². The van der Waals surface area contributed by atoms with Gasteiger partial charge in [-0.25, -0.2) is 15.0 Å². The monoisotopic (exact) mass is 425 g/mol. The Morgan fingerprint density at radius 2 is 1.79 bits per heavy atom. The molecule has 0 atom stereocenters. The molecule has 146 valence electrons. The van der Waals surface area contributed by atoms with E-state index in [1.54, 1.807) is 31.5 Å². The van der Waals surface area contributed by atoms with Gasteiger partial charge in [0, 0.05) is 17.5 Å². The summed E-state index contributed by atoms with van der Waals surface area (Å²) in [5.41, 5.74) is 8.67. The molecule has 0 bridgehead atoms. The fourth-order valence-electron chi connectivity index (χ4n) is 2.85. The number of fused-ring (bicyclic) bond motifs is 1. The second kappa shape index (κ2) is 8.11. The quantitative estimate of drug-likeness (QED) is 0.456. The van der Waals surface area contributed by atoms with E-state index in [2.05, 4.69) is 20.3 Å². The molecule has 8 heteroatoms. The zero-order valence-electron chi connectivity index (χ0n) is 15.5. The average molecular weight is 426 g/mol. The van der Waals surface area contributed by atoms with Crippen molar-refractivity contribution in [1.29, 1.82) is 0 Å². The molecular weight excluding hydrogens is 409 g/mol. The van der Waals surface area contributed by atoms with Crippen LogP contribution < -0.4 is 15.8 Å². The molecule has 0 aliphatic carbocycles. The van der Waals surface area contributed by atoms with Crippen molar-refractivity contribution >= 4 is 45.7 Å². The summed E-state index contributed by atoms with van der Waals surface area (Å²) in [6, 6.07) is 14.9. The number of nitrogens with two attached hydrogens (primary N) is 1. The zero-order valence-corrected chi connectivity index (χ0v) is 17.0. The third-order valence-electron chi connectivity index (χ3n) is 4.42. The van der Waals surface area contributed by atoms with Crippen LogP contribution in [0.2, 0.25) is 10.0 Å². The number of nitrogens with zero attached hydrogens (tertiary/aromatic N) is 3. The van der Waals surface area contributed by atoms with Crippen LogP contribution in [0.5, 0.6) is 5.75 Å². The van der Waals surface area contributed by atoms with Crippen LogP contribution in [0.25, 0.3) is 22.3 Å². The van der Waals surface area contributed by atoms with E-state index in [-0.39, 0.29) is 0 Å². The molecule has 0 saturated heterocycles. The van der Waals surface area contributed by atoms with Crippen LogP contribution in [0.15, 0.2) is 54.7 Å². The summed E-state index contributed by atoms with van der Waals surface area (Å²) in [6.07, 6.45) is 1.67. The number of hydrogen-bond acceptors (Lipinski definition) is 6. The highest BCUT2D eigenvalue weighted by molar-refractivity contribution is 6.42. The van der Waals surface area contributed by atoms with Gasteiger partial charge < -0.3 is 15.8 Å². The van der Waals surface area contributed by atoms with Gasteiger partial charge in [-0.1, -0.05) is 35.3 Å². The van der Waals surface area contributed by atoms with Crippen molar-refractivity contribution in [3.63, 3.8) is 0 Å². The van der Waals surface area contributed by atoms with Crippen LogP contribution in [0.3, 0.4) is 0 Å². The summed E-state index contributed by atoms with van der Waals surface area (Å²) >= 11 is 12.1. The number of rotatable bonds is 5. The van der Waals surface area contributed by atoms with Crippen LogP contribution in [0, 0.1) is 0 Å². The number of ether oxygens (including phenoxy) is 1. The Kier molecular flexibility index (Phi) is 5.38. The van der Waals surface area contributed by atoms with Crippen molar-refractivity contribution in [2.45, 2.75) is 6.54 Å². The van der Waals surface area contributed by atoms with Gasteiger partial charge in [0.15, 0.2) is 5.82 Å². The van der Waals surface area contributed by atoms with Gasteiger partial charge in [0.2, 0.25) is 0 Å². The van der Waals surface area contributed by atoms with Gasteiger partial charge in [0.1, 0.15) is 17.4 Å². The van der Waals surface area contributed by atoms with Crippen molar-refractivity contribution in [3.05, 3.63) is 70.3 Å². The average Bonchev–Trinajstić information content (AvgIpc) is 2.74. The molecule has 0 radical (unpaired) electrons. The fraction of sp³-hybridized carbons (Fsp3) is 0.0952. The Morgan fingerprint density at radius 3 is 2.52 bits per heavy atom. The maximum Gasteiger partial charge on any atom is 0.162 e. The lowest BCUT2D eigenvalue weighted by Crippen LogP contribution is -2.03. The summed E-state index contributed by atoms with van der Waals surface area (Å²) in [6.45, 7) is 0.616. The van der Waals surface area contributed by atoms with E-state index in [1.165, 1.54) is 0 Å². The van der Waals surface area contributed by atoms with Gasteiger partial charge in [-0.15, -0.1) is 0 Å². The first kappa shape index (κ1) is 19.2. The Balaban J connectivity index is 1.59. The van der Waals surface area contributed by atoms with Crippen molar-refractivity contribution < 1.29 is 4.74 Å². The summed E-state index contributed by atoms with van der Waals surface area (Å²) in [5.74, 6) is 2.34. The minimum Gasteiger partial charge on any atom is -0.497 e. The topological polar surface area (TPSA) is 86.0 Å². The van der Waals surface area contributed by atoms with Crippen LogP contribution in [-0.4, -0.2) is 22.1 Å². The molecular formula is C21H17Cl2N5O. The third-order valence-corrected chi connectivity index (χ3v) is 5.16. The summed E-state index contributed by atoms with van der Waals surface area (Å²) in [7, 11) is 1.64. The molecule has 6 nitrogen and oxygen atoms in total. The van der Waals surface area contributed by atoms with E-state index in [0.717, 1.165) is 22.3 Å². The largest absolute Gasteiger partial charge is 0.497 e. The number of nitrogen functional groups attached to an aromatic ring is 1. The van der Waals surface area contributed by atoms with Gasteiger partial charge in [-0.2, -0.15) is 0 Å². The van der Waals surface area contributed by atoms with Crippen molar-refractivity contribution in [2.75, 3.05) is 18.2 Å². The van der Waals surface area contributed by atoms with Crippen molar-refractivity contribution in [2.24, 2.45) is 0 Å². The molecule has 3 N–H and O–H groups in total. The first-order valence-corrected chi connectivity index (χ1v) is 9.54. The fourth-order valence-corrected chi connectivity index (χ4v) is 3.15. The molecule has 2 aromatic heterocycles. The number of nitrogens with one attached hydrogen (secondary N) is 1. The first-order valence-electron chi connectivity index (χ1n) is 8.79. The van der Waals surface area contributed by atoms with Crippen LogP contribution >= 0.6 is 23.2 Å². The Hall–Kier alpha value is -3.09. The van der Waals surface area contributed by atoms with Crippen LogP contribution in [0.4, 0.5) is 11.6 Å². The number of halogens is 2. The predicted molar refractivity (Wildman–Crippen MR) is 118 cm³/mol. The van der Waals surface area contributed by atoms with Gasteiger partial charge in [-0.05, 0) is 42.0 Å². The number of aromatic nitrogens is 3. The number of methoxy groups -OCH3 is 1. The predicted octanol–water partition coefficient (Wildman–Crippen LogP) is 5.20. The SMILES string of the molecule is COc1ccc(CNc2cc3c(N)nc(-c4ccc(Cl)c(Cl)c4)nc3cn2)cc1. The van der Waals surface area contributed by atoms with E-state index in [9.17, 15) is 0 Å². The lowest BCUT2D eigenvalue weighted by Gasteiger charge is -2.10. The minimum atomic E-state index is 0.367. The van der Waals surface area contributed by atoms with E-state index in [1.807, 2.05) is 30.3 Å². The molecule has 0 amide bonds. The van der Waals surface area contributed by atoms with Crippen LogP contribution in [-0.2, 0) is 6.54 Å². The van der Waals surface area contributed by atoms with E-state index < -0.39 is 0 Å². The molecule has 0 aliphatic rings. The molecule has 0 aliphatic heterocycles. The smallest absolute Gasteiger partial charge is 0.162 e. The summed E-state index contributed by atoms with van der Waals surface area (Å²) < 4.78 is 5.17. The maximum absolute atomic E-state index is 6.19. The van der Waals surface area contributed by atoms with E-state index in [4.69, 9.17) is 33.7 Å². The molecule has 4 rings (SSSR count). The normalized spacial score (nSPS) is 10.9. The molecule has 29 heavy (non-hydrogen) atoms. The standard InChI is InChI=1S/C21H17Cl2N5O/c1-29-14-5-2-12(3-6-14)10-25-19-9-15-18(11-26-19)27-21(28-20(15)24)13-4-7-16(22)17(23)8-13/h2-9,11H,10H2,1H3,(H,25,26)(H2,24,27,28). The second-order valence-electron chi connectivity index (χ2n) is 6.35. The van der Waals surface area contributed by atoms with Crippen molar-refractivity contribution in [3.8, 4) is 17.1 Å². The number of anilines is 2. The number of pyridine rings is 1. The first-order chi connectivity index (χ1) is 14.0. The van der Waals surface area contributed by atoms with E-state index >= 15 is 0 Å². The molecule has 0 fully saturated rings. The van der Waals surface area contributed by atoms with Gasteiger partial charge in [-0.3, -0.25) is 0 Å². The van der Waals surface area contributed by atoms with E-state index in [0.29, 0.717) is 39.6 Å². The number of benzene rings is 2. The molecule has 2 heterocycles. The highest BCUT2D eigenvalue weighted by Gasteiger charge is 2.10. The molecule has 0 saturated carbocycles. The lowest BCUT2D eigenvalue weighted by molar-refractivity contribution is 0.414. The molecule has 4 aromatic rings.